The van der Waals surface area contributed by atoms with Crippen LogP contribution in [0.5, 0.6) is 5.75 Å². The molecule has 0 bridgehead atoms. The summed E-state index contributed by atoms with van der Waals surface area (Å²) in [6.45, 7) is -0.587. The normalized spacial score (nSPS) is 10.7. The standard InChI is InChI=1S/C18H12ClIN2O4/c19-17-11-7-6-10(9-4-2-1-3-5-9)14(20)13(11)16(25)15(22-17)18(26)21-8-12(23)24/h1-7,25H,8H2,(H,21,26)(H,23,24). The van der Waals surface area contributed by atoms with Crippen molar-refractivity contribution >= 4 is 56.8 Å². The second kappa shape index (κ2) is 7.46. The molecule has 3 aromatic rings. The number of carboxylic acids is 1. The summed E-state index contributed by atoms with van der Waals surface area (Å²) in [5, 5.41) is 22.4. The van der Waals surface area contributed by atoms with Gasteiger partial charge in [-0.1, -0.05) is 54.1 Å². The lowest BCUT2D eigenvalue weighted by atomic mass is 10.0. The fourth-order valence-electron chi connectivity index (χ4n) is 2.55. The molecular formula is C18H12ClIN2O4. The zero-order chi connectivity index (χ0) is 18.8. The van der Waals surface area contributed by atoms with Gasteiger partial charge in [-0.05, 0) is 33.7 Å². The Morgan fingerprint density at radius 1 is 1.15 bits per heavy atom. The number of carboxylic acid groups (broad SMARTS) is 1. The summed E-state index contributed by atoms with van der Waals surface area (Å²) in [6.07, 6.45) is 0. The molecular weight excluding hydrogens is 471 g/mol. The maximum Gasteiger partial charge on any atom is 0.322 e. The van der Waals surface area contributed by atoms with Gasteiger partial charge in [0.25, 0.3) is 5.91 Å². The molecule has 0 atom stereocenters. The highest BCUT2D eigenvalue weighted by molar-refractivity contribution is 14.1. The van der Waals surface area contributed by atoms with Crippen LogP contribution in [0.15, 0.2) is 42.5 Å². The Hall–Kier alpha value is -2.39. The molecule has 3 N–H and O–H groups in total. The molecule has 0 aliphatic carbocycles. The van der Waals surface area contributed by atoms with Crippen LogP contribution in [0.3, 0.4) is 0 Å². The average molecular weight is 483 g/mol. The number of pyridine rings is 1. The lowest BCUT2D eigenvalue weighted by molar-refractivity contribution is -0.135. The lowest BCUT2D eigenvalue weighted by Crippen LogP contribution is -2.30. The summed E-state index contributed by atoms with van der Waals surface area (Å²) in [5.74, 6) is -2.35. The Labute approximate surface area is 167 Å². The van der Waals surface area contributed by atoms with Crippen LogP contribution in [0.25, 0.3) is 21.9 Å². The first-order valence-corrected chi connectivity index (χ1v) is 8.92. The van der Waals surface area contributed by atoms with Gasteiger partial charge >= 0.3 is 5.97 Å². The first-order chi connectivity index (χ1) is 12.4. The maximum atomic E-state index is 12.2. The third kappa shape index (κ3) is 3.45. The molecule has 0 aliphatic heterocycles. The Kier molecular flexibility index (Phi) is 5.28. The highest BCUT2D eigenvalue weighted by atomic mass is 127. The smallest absolute Gasteiger partial charge is 0.322 e. The number of nitrogens with zero attached hydrogens (tertiary/aromatic N) is 1. The highest BCUT2D eigenvalue weighted by Crippen LogP contribution is 2.39. The van der Waals surface area contributed by atoms with Crippen molar-refractivity contribution in [2.75, 3.05) is 6.54 Å². The van der Waals surface area contributed by atoms with Crippen molar-refractivity contribution < 1.29 is 19.8 Å². The van der Waals surface area contributed by atoms with Crippen LogP contribution < -0.4 is 5.32 Å². The number of halogens is 2. The molecule has 0 unspecified atom stereocenters. The molecule has 0 saturated heterocycles. The van der Waals surface area contributed by atoms with E-state index >= 15 is 0 Å². The fourth-order valence-corrected chi connectivity index (χ4v) is 3.83. The second-order valence-corrected chi connectivity index (χ2v) is 6.83. The van der Waals surface area contributed by atoms with Crippen LogP contribution in [-0.2, 0) is 4.79 Å². The van der Waals surface area contributed by atoms with Crippen molar-refractivity contribution in [2.24, 2.45) is 0 Å². The molecule has 1 aromatic heterocycles. The van der Waals surface area contributed by atoms with Gasteiger partial charge in [0.15, 0.2) is 11.4 Å². The number of aromatic nitrogens is 1. The van der Waals surface area contributed by atoms with Gasteiger partial charge in [-0.2, -0.15) is 0 Å². The van der Waals surface area contributed by atoms with Gasteiger partial charge in [0.1, 0.15) is 11.7 Å². The van der Waals surface area contributed by atoms with Gasteiger partial charge in [-0.15, -0.1) is 0 Å². The van der Waals surface area contributed by atoms with E-state index in [0.29, 0.717) is 14.3 Å². The van der Waals surface area contributed by atoms with E-state index in [-0.39, 0.29) is 16.6 Å². The number of nitrogens with one attached hydrogen (secondary N) is 1. The van der Waals surface area contributed by atoms with Gasteiger partial charge in [-0.25, -0.2) is 4.98 Å². The molecule has 1 amide bonds. The second-order valence-electron chi connectivity index (χ2n) is 5.39. The molecule has 26 heavy (non-hydrogen) atoms. The van der Waals surface area contributed by atoms with Crippen molar-refractivity contribution in [3.8, 4) is 16.9 Å². The zero-order valence-corrected chi connectivity index (χ0v) is 16.1. The molecule has 0 fully saturated rings. The summed E-state index contributed by atoms with van der Waals surface area (Å²) < 4.78 is 0.709. The van der Waals surface area contributed by atoms with E-state index in [0.717, 1.165) is 11.1 Å². The topological polar surface area (TPSA) is 99.5 Å². The maximum absolute atomic E-state index is 12.2. The summed E-state index contributed by atoms with van der Waals surface area (Å²) in [6, 6.07) is 13.2. The summed E-state index contributed by atoms with van der Waals surface area (Å²) >= 11 is 8.27. The summed E-state index contributed by atoms with van der Waals surface area (Å²) in [4.78, 5) is 26.7. The first kappa shape index (κ1) is 18.4. The quantitative estimate of drug-likeness (QED) is 0.389. The van der Waals surface area contributed by atoms with E-state index in [4.69, 9.17) is 16.7 Å². The van der Waals surface area contributed by atoms with Crippen molar-refractivity contribution in [1.82, 2.24) is 10.3 Å². The molecule has 0 aliphatic rings. The lowest BCUT2D eigenvalue weighted by Gasteiger charge is -2.13. The number of fused-ring (bicyclic) bond motifs is 1. The van der Waals surface area contributed by atoms with Gasteiger partial charge in [0.05, 0.1) is 0 Å². The summed E-state index contributed by atoms with van der Waals surface area (Å²) in [5.41, 5.74) is 1.50. The van der Waals surface area contributed by atoms with Crippen LogP contribution in [0.2, 0.25) is 5.15 Å². The largest absolute Gasteiger partial charge is 0.505 e. The number of hydrogen-bond acceptors (Lipinski definition) is 4. The molecule has 2 aromatic carbocycles. The number of aliphatic carboxylic acids is 1. The molecule has 0 spiro atoms. The minimum Gasteiger partial charge on any atom is -0.505 e. The third-order valence-electron chi connectivity index (χ3n) is 3.74. The van der Waals surface area contributed by atoms with Crippen molar-refractivity contribution in [1.29, 1.82) is 0 Å². The first-order valence-electron chi connectivity index (χ1n) is 7.46. The van der Waals surface area contributed by atoms with E-state index < -0.39 is 18.4 Å². The molecule has 0 radical (unpaired) electrons. The number of carbonyl (C=O) groups excluding carboxylic acids is 1. The van der Waals surface area contributed by atoms with E-state index in [1.54, 1.807) is 6.07 Å². The molecule has 1 heterocycles. The van der Waals surface area contributed by atoms with Crippen LogP contribution in [-0.4, -0.2) is 33.6 Å². The minimum atomic E-state index is -1.20. The number of benzene rings is 2. The van der Waals surface area contributed by atoms with Crippen LogP contribution in [0.1, 0.15) is 10.5 Å². The van der Waals surface area contributed by atoms with Crippen molar-refractivity contribution in [3.05, 3.63) is 56.9 Å². The Bertz CT molecular complexity index is 1020. The SMILES string of the molecule is O=C(O)CNC(=O)c1nc(Cl)c2ccc(-c3ccccc3)c(I)c2c1O. The zero-order valence-electron chi connectivity index (χ0n) is 13.2. The highest BCUT2D eigenvalue weighted by Gasteiger charge is 2.22. The number of carbonyl (C=O) groups is 2. The van der Waals surface area contributed by atoms with E-state index in [2.05, 4.69) is 32.9 Å². The van der Waals surface area contributed by atoms with E-state index in [1.165, 1.54) is 0 Å². The Morgan fingerprint density at radius 2 is 1.85 bits per heavy atom. The number of rotatable bonds is 4. The number of aromatic hydroxyl groups is 1. The van der Waals surface area contributed by atoms with Gasteiger partial charge < -0.3 is 15.5 Å². The minimum absolute atomic E-state index is 0.0517. The number of hydrogen-bond donors (Lipinski definition) is 3. The predicted molar refractivity (Wildman–Crippen MR) is 107 cm³/mol. The Balaban J connectivity index is 2.19. The van der Waals surface area contributed by atoms with Gasteiger partial charge in [-0.3, -0.25) is 9.59 Å². The van der Waals surface area contributed by atoms with Gasteiger partial charge in [0, 0.05) is 14.3 Å². The van der Waals surface area contributed by atoms with Crippen molar-refractivity contribution in [3.63, 3.8) is 0 Å². The molecule has 0 saturated carbocycles. The van der Waals surface area contributed by atoms with E-state index in [9.17, 15) is 14.7 Å². The average Bonchev–Trinajstić information content (AvgIpc) is 2.63. The summed E-state index contributed by atoms with van der Waals surface area (Å²) in [7, 11) is 0. The van der Waals surface area contributed by atoms with Crippen molar-refractivity contribution in [2.45, 2.75) is 0 Å². The van der Waals surface area contributed by atoms with E-state index in [1.807, 2.05) is 36.4 Å². The van der Waals surface area contributed by atoms with Crippen LogP contribution in [0.4, 0.5) is 0 Å². The third-order valence-corrected chi connectivity index (χ3v) is 5.14. The Morgan fingerprint density at radius 3 is 2.50 bits per heavy atom. The molecule has 3 rings (SSSR count). The molecule has 6 nitrogen and oxygen atoms in total. The fraction of sp³-hybridized carbons (Fsp3) is 0.0556. The van der Waals surface area contributed by atoms with Crippen LogP contribution in [0, 0.1) is 3.57 Å². The predicted octanol–water partition coefficient (Wildman–Crippen LogP) is 3.68. The van der Waals surface area contributed by atoms with Gasteiger partial charge in [0.2, 0.25) is 0 Å². The monoisotopic (exact) mass is 482 g/mol. The van der Waals surface area contributed by atoms with Crippen LogP contribution >= 0.6 is 34.2 Å². The molecule has 8 heteroatoms. The number of amides is 1. The molecule has 132 valence electrons.